The van der Waals surface area contributed by atoms with Gasteiger partial charge < -0.3 is 10.1 Å². The lowest BCUT2D eigenvalue weighted by atomic mass is 10.2. The maximum atomic E-state index is 12.8. The van der Waals surface area contributed by atoms with Gasteiger partial charge in [-0.3, -0.25) is 0 Å². The first kappa shape index (κ1) is 14.7. The van der Waals surface area contributed by atoms with Crippen LogP contribution in [-0.4, -0.2) is 6.10 Å². The molecule has 20 heavy (non-hydrogen) atoms. The van der Waals surface area contributed by atoms with E-state index >= 15 is 0 Å². The van der Waals surface area contributed by atoms with E-state index in [0.29, 0.717) is 17.3 Å². The van der Waals surface area contributed by atoms with Gasteiger partial charge in [-0.2, -0.15) is 0 Å². The smallest absolute Gasteiger partial charge is 0.138 e. The Morgan fingerprint density at radius 2 is 1.85 bits per heavy atom. The van der Waals surface area contributed by atoms with Crippen LogP contribution in [-0.2, 0) is 6.54 Å². The van der Waals surface area contributed by atoms with Crippen LogP contribution in [0.15, 0.2) is 42.5 Å². The minimum atomic E-state index is -0.230. The quantitative estimate of drug-likeness (QED) is 0.848. The summed E-state index contributed by atoms with van der Waals surface area (Å²) >= 11 is 6.16. The van der Waals surface area contributed by atoms with Gasteiger partial charge in [0.05, 0.1) is 11.1 Å². The van der Waals surface area contributed by atoms with E-state index in [1.165, 1.54) is 12.1 Å². The largest absolute Gasteiger partial charge is 0.489 e. The van der Waals surface area contributed by atoms with E-state index < -0.39 is 0 Å². The van der Waals surface area contributed by atoms with Crippen LogP contribution in [0.5, 0.6) is 5.75 Å². The molecule has 0 bridgehead atoms. The van der Waals surface area contributed by atoms with Crippen molar-refractivity contribution in [3.05, 3.63) is 58.9 Å². The lowest BCUT2D eigenvalue weighted by Gasteiger charge is -2.13. The fourth-order valence-electron chi connectivity index (χ4n) is 1.77. The van der Waals surface area contributed by atoms with Crippen LogP contribution in [0.1, 0.15) is 19.4 Å². The van der Waals surface area contributed by atoms with Crippen molar-refractivity contribution in [3.63, 3.8) is 0 Å². The Bertz CT molecular complexity index is 569. The molecule has 0 aliphatic heterocycles. The molecule has 0 saturated carbocycles. The first-order chi connectivity index (χ1) is 9.54. The van der Waals surface area contributed by atoms with Gasteiger partial charge in [0.25, 0.3) is 0 Å². The van der Waals surface area contributed by atoms with Crippen molar-refractivity contribution < 1.29 is 9.13 Å². The fraction of sp³-hybridized carbons (Fsp3) is 0.250. The SMILES string of the molecule is CC(C)Oc1ccc(NCc2ccc(F)cc2)cc1Cl. The molecule has 0 aromatic heterocycles. The monoisotopic (exact) mass is 293 g/mol. The van der Waals surface area contributed by atoms with Gasteiger partial charge in [-0.15, -0.1) is 0 Å². The van der Waals surface area contributed by atoms with Crippen LogP contribution in [0.4, 0.5) is 10.1 Å². The molecule has 4 heteroatoms. The molecule has 2 nitrogen and oxygen atoms in total. The second-order valence-corrected chi connectivity index (χ2v) is 5.20. The molecule has 2 aromatic rings. The Morgan fingerprint density at radius 1 is 1.15 bits per heavy atom. The van der Waals surface area contributed by atoms with Crippen molar-refractivity contribution >= 4 is 17.3 Å². The maximum absolute atomic E-state index is 12.8. The van der Waals surface area contributed by atoms with Crippen LogP contribution in [0.25, 0.3) is 0 Å². The number of halogens is 2. The summed E-state index contributed by atoms with van der Waals surface area (Å²) in [6.07, 6.45) is 0.0884. The second-order valence-electron chi connectivity index (χ2n) is 4.79. The van der Waals surface area contributed by atoms with Gasteiger partial charge in [-0.25, -0.2) is 4.39 Å². The van der Waals surface area contributed by atoms with Gasteiger partial charge in [0, 0.05) is 12.2 Å². The van der Waals surface area contributed by atoms with E-state index in [4.69, 9.17) is 16.3 Å². The highest BCUT2D eigenvalue weighted by molar-refractivity contribution is 6.32. The van der Waals surface area contributed by atoms with Crippen LogP contribution in [0.2, 0.25) is 5.02 Å². The van der Waals surface area contributed by atoms with Gasteiger partial charge in [0.1, 0.15) is 11.6 Å². The van der Waals surface area contributed by atoms with Crippen molar-refractivity contribution in [2.75, 3.05) is 5.32 Å². The highest BCUT2D eigenvalue weighted by atomic mass is 35.5. The predicted octanol–water partition coefficient (Wildman–Crippen LogP) is 4.88. The highest BCUT2D eigenvalue weighted by Gasteiger charge is 2.05. The molecule has 2 aromatic carbocycles. The zero-order valence-electron chi connectivity index (χ0n) is 11.5. The van der Waals surface area contributed by atoms with Gasteiger partial charge in [0.2, 0.25) is 0 Å². The predicted molar refractivity (Wildman–Crippen MR) is 80.9 cm³/mol. The Morgan fingerprint density at radius 3 is 2.45 bits per heavy atom. The van der Waals surface area contributed by atoms with Crippen molar-refractivity contribution in [3.8, 4) is 5.75 Å². The van der Waals surface area contributed by atoms with Gasteiger partial charge in [-0.1, -0.05) is 23.7 Å². The lowest BCUT2D eigenvalue weighted by molar-refractivity contribution is 0.242. The number of hydrogen-bond acceptors (Lipinski definition) is 2. The summed E-state index contributed by atoms with van der Waals surface area (Å²) in [5.74, 6) is 0.445. The van der Waals surface area contributed by atoms with Crippen molar-refractivity contribution in [2.24, 2.45) is 0 Å². The molecule has 106 valence electrons. The minimum absolute atomic E-state index is 0.0884. The molecule has 0 unspecified atom stereocenters. The first-order valence-corrected chi connectivity index (χ1v) is 6.87. The summed E-state index contributed by atoms with van der Waals surface area (Å²) in [4.78, 5) is 0. The Hall–Kier alpha value is -1.74. The number of nitrogens with one attached hydrogen (secondary N) is 1. The van der Waals surface area contributed by atoms with Crippen LogP contribution in [0.3, 0.4) is 0 Å². The molecule has 0 atom stereocenters. The molecule has 0 spiro atoms. The van der Waals surface area contributed by atoms with E-state index in [9.17, 15) is 4.39 Å². The van der Waals surface area contributed by atoms with Crippen LogP contribution >= 0.6 is 11.6 Å². The van der Waals surface area contributed by atoms with Crippen LogP contribution < -0.4 is 10.1 Å². The van der Waals surface area contributed by atoms with Crippen molar-refractivity contribution in [1.29, 1.82) is 0 Å². The molecule has 0 heterocycles. The molecule has 1 N–H and O–H groups in total. The van der Waals surface area contributed by atoms with Crippen molar-refractivity contribution in [2.45, 2.75) is 26.5 Å². The average molecular weight is 294 g/mol. The summed E-state index contributed by atoms with van der Waals surface area (Å²) in [7, 11) is 0. The van der Waals surface area contributed by atoms with Gasteiger partial charge >= 0.3 is 0 Å². The Balaban J connectivity index is 1.99. The zero-order valence-corrected chi connectivity index (χ0v) is 12.2. The molecule has 0 radical (unpaired) electrons. The normalized spacial score (nSPS) is 10.7. The number of rotatable bonds is 5. The average Bonchev–Trinajstić information content (AvgIpc) is 2.40. The van der Waals surface area contributed by atoms with E-state index in [2.05, 4.69) is 5.32 Å². The number of hydrogen-bond donors (Lipinski definition) is 1. The summed E-state index contributed by atoms with van der Waals surface area (Å²) in [6.45, 7) is 4.52. The third-order valence-corrected chi connectivity index (χ3v) is 3.00. The fourth-order valence-corrected chi connectivity index (χ4v) is 1.99. The lowest BCUT2D eigenvalue weighted by Crippen LogP contribution is -2.06. The molecule has 0 aliphatic carbocycles. The summed E-state index contributed by atoms with van der Waals surface area (Å²) in [5.41, 5.74) is 1.90. The van der Waals surface area contributed by atoms with E-state index in [1.54, 1.807) is 12.1 Å². The third-order valence-electron chi connectivity index (χ3n) is 2.70. The van der Waals surface area contributed by atoms with Crippen molar-refractivity contribution in [1.82, 2.24) is 0 Å². The molecule has 0 aliphatic rings. The standard InChI is InChI=1S/C16H17ClFNO/c1-11(2)20-16-8-7-14(9-15(16)17)19-10-12-3-5-13(18)6-4-12/h3-9,11,19H,10H2,1-2H3. The Kier molecular flexibility index (Phi) is 4.85. The first-order valence-electron chi connectivity index (χ1n) is 6.49. The number of anilines is 1. The minimum Gasteiger partial charge on any atom is -0.489 e. The third kappa shape index (κ3) is 4.14. The van der Waals surface area contributed by atoms with E-state index in [-0.39, 0.29) is 11.9 Å². The molecule has 2 rings (SSSR count). The van der Waals surface area contributed by atoms with Gasteiger partial charge in [0.15, 0.2) is 0 Å². The molecule has 0 saturated heterocycles. The van der Waals surface area contributed by atoms with E-state index in [1.807, 2.05) is 32.0 Å². The Labute approximate surface area is 123 Å². The molecular formula is C16H17ClFNO. The number of ether oxygens (including phenoxy) is 1. The topological polar surface area (TPSA) is 21.3 Å². The highest BCUT2D eigenvalue weighted by Crippen LogP contribution is 2.28. The molecule has 0 amide bonds. The summed E-state index contributed by atoms with van der Waals surface area (Å²) in [6, 6.07) is 12.0. The summed E-state index contributed by atoms with van der Waals surface area (Å²) < 4.78 is 18.4. The second kappa shape index (κ2) is 6.62. The van der Waals surface area contributed by atoms with Gasteiger partial charge in [-0.05, 0) is 49.7 Å². The van der Waals surface area contributed by atoms with Crippen LogP contribution in [0, 0.1) is 5.82 Å². The number of benzene rings is 2. The zero-order chi connectivity index (χ0) is 14.5. The molecular weight excluding hydrogens is 277 g/mol. The maximum Gasteiger partial charge on any atom is 0.138 e. The summed E-state index contributed by atoms with van der Waals surface area (Å²) in [5, 5.41) is 3.81. The molecule has 0 fully saturated rings. The van der Waals surface area contributed by atoms with E-state index in [0.717, 1.165) is 11.3 Å².